The molecular weight excluding hydrogens is 232 g/mol. The maximum atomic E-state index is 11.3. The molecule has 0 saturated carbocycles. The van der Waals surface area contributed by atoms with Gasteiger partial charge in [-0.25, -0.2) is 4.79 Å². The number of aromatic amines is 1. The fourth-order valence-electron chi connectivity index (χ4n) is 2.22. The molecule has 1 aromatic heterocycles. The monoisotopic (exact) mass is 248 g/mol. The Morgan fingerprint density at radius 2 is 2.06 bits per heavy atom. The molecule has 0 radical (unpaired) electrons. The van der Waals surface area contributed by atoms with Gasteiger partial charge in [0.25, 0.3) is 0 Å². The van der Waals surface area contributed by atoms with E-state index in [0.717, 1.165) is 5.52 Å². The molecule has 5 heteroatoms. The van der Waals surface area contributed by atoms with Crippen molar-refractivity contribution in [3.63, 3.8) is 0 Å². The van der Waals surface area contributed by atoms with Gasteiger partial charge in [0.1, 0.15) is 5.75 Å². The number of aryl methyl sites for hydroxylation is 1. The number of H-pyrrole nitrogens is 1. The van der Waals surface area contributed by atoms with Crippen LogP contribution in [0.1, 0.15) is 21.6 Å². The largest absolute Gasteiger partial charge is 0.508 e. The first-order chi connectivity index (χ1) is 8.41. The summed E-state index contributed by atoms with van der Waals surface area (Å²) in [5.41, 5.74) is 2.21. The summed E-state index contributed by atoms with van der Waals surface area (Å²) in [7, 11) is 3.75. The number of hydrogen-bond donors (Lipinski definition) is 3. The predicted molar refractivity (Wildman–Crippen MR) is 69.1 cm³/mol. The third-order valence-corrected chi connectivity index (χ3v) is 2.92. The van der Waals surface area contributed by atoms with Crippen LogP contribution in [0.4, 0.5) is 0 Å². The Balaban J connectivity index is 2.81. The van der Waals surface area contributed by atoms with E-state index in [1.54, 1.807) is 19.1 Å². The summed E-state index contributed by atoms with van der Waals surface area (Å²) in [5.74, 6) is -0.859. The van der Waals surface area contributed by atoms with Crippen LogP contribution in [0.2, 0.25) is 0 Å². The number of phenols is 1. The van der Waals surface area contributed by atoms with Crippen LogP contribution in [-0.2, 0) is 6.54 Å². The van der Waals surface area contributed by atoms with Gasteiger partial charge in [-0.05, 0) is 33.2 Å². The molecule has 0 aliphatic rings. The molecular formula is C13H16N2O3. The summed E-state index contributed by atoms with van der Waals surface area (Å²) in [4.78, 5) is 16.3. The Bertz CT molecular complexity index is 614. The second-order valence-electron chi connectivity index (χ2n) is 4.65. The number of carboxylic acid groups (broad SMARTS) is 1. The molecule has 18 heavy (non-hydrogen) atoms. The first-order valence-electron chi connectivity index (χ1n) is 5.63. The summed E-state index contributed by atoms with van der Waals surface area (Å²) < 4.78 is 0. The molecule has 2 aromatic rings. The number of carbonyl (C=O) groups is 1. The fraction of sp³-hybridized carbons (Fsp3) is 0.308. The number of nitrogens with one attached hydrogen (secondary N) is 1. The van der Waals surface area contributed by atoms with E-state index in [9.17, 15) is 15.0 Å². The zero-order chi connectivity index (χ0) is 13.4. The molecule has 96 valence electrons. The molecule has 0 amide bonds. The third-order valence-electron chi connectivity index (χ3n) is 2.92. The van der Waals surface area contributed by atoms with E-state index in [4.69, 9.17) is 0 Å². The number of aromatic hydroxyl groups is 1. The lowest BCUT2D eigenvalue weighted by Crippen LogP contribution is -2.11. The molecule has 0 bridgehead atoms. The Morgan fingerprint density at radius 1 is 1.39 bits per heavy atom. The molecule has 0 aliphatic carbocycles. The highest BCUT2D eigenvalue weighted by Gasteiger charge is 2.20. The normalized spacial score (nSPS) is 11.3. The minimum absolute atomic E-state index is 0.123. The van der Waals surface area contributed by atoms with Crippen molar-refractivity contribution in [1.82, 2.24) is 9.88 Å². The number of rotatable bonds is 3. The van der Waals surface area contributed by atoms with Crippen LogP contribution in [0.3, 0.4) is 0 Å². The van der Waals surface area contributed by atoms with Gasteiger partial charge in [0, 0.05) is 28.7 Å². The smallest absolute Gasteiger partial charge is 0.338 e. The summed E-state index contributed by atoms with van der Waals surface area (Å²) in [6, 6.07) is 3.28. The summed E-state index contributed by atoms with van der Waals surface area (Å²) in [6.07, 6.45) is 0. The van der Waals surface area contributed by atoms with E-state index in [0.29, 0.717) is 23.2 Å². The number of aromatic nitrogens is 1. The van der Waals surface area contributed by atoms with E-state index >= 15 is 0 Å². The molecule has 1 aromatic carbocycles. The van der Waals surface area contributed by atoms with E-state index in [-0.39, 0.29) is 11.3 Å². The zero-order valence-electron chi connectivity index (χ0n) is 10.6. The van der Waals surface area contributed by atoms with Crippen LogP contribution < -0.4 is 0 Å². The van der Waals surface area contributed by atoms with Crippen molar-refractivity contribution < 1.29 is 15.0 Å². The predicted octanol–water partition coefficient (Wildman–Crippen LogP) is 1.94. The first kappa shape index (κ1) is 12.4. The first-order valence-corrected chi connectivity index (χ1v) is 5.63. The number of aromatic carboxylic acids is 1. The van der Waals surface area contributed by atoms with Crippen molar-refractivity contribution in [2.45, 2.75) is 13.5 Å². The van der Waals surface area contributed by atoms with Crippen LogP contribution >= 0.6 is 0 Å². The van der Waals surface area contributed by atoms with Crippen LogP contribution in [-0.4, -0.2) is 40.2 Å². The van der Waals surface area contributed by atoms with Crippen LogP contribution in [0.15, 0.2) is 12.1 Å². The van der Waals surface area contributed by atoms with Crippen molar-refractivity contribution in [2.24, 2.45) is 0 Å². The zero-order valence-corrected chi connectivity index (χ0v) is 10.6. The molecule has 3 N–H and O–H groups in total. The van der Waals surface area contributed by atoms with Crippen molar-refractivity contribution in [2.75, 3.05) is 14.1 Å². The molecule has 0 saturated heterocycles. The maximum Gasteiger partial charge on any atom is 0.338 e. The molecule has 2 rings (SSSR count). The number of benzene rings is 1. The fourth-order valence-corrected chi connectivity index (χ4v) is 2.22. The average Bonchev–Trinajstić information content (AvgIpc) is 2.58. The maximum absolute atomic E-state index is 11.3. The van der Waals surface area contributed by atoms with Gasteiger partial charge in [0.05, 0.1) is 5.56 Å². The van der Waals surface area contributed by atoms with Gasteiger partial charge in [-0.2, -0.15) is 0 Å². The minimum Gasteiger partial charge on any atom is -0.508 e. The second kappa shape index (κ2) is 4.34. The Kier molecular flexibility index (Phi) is 3.00. The van der Waals surface area contributed by atoms with Gasteiger partial charge >= 0.3 is 5.97 Å². The van der Waals surface area contributed by atoms with Crippen molar-refractivity contribution >= 4 is 16.9 Å². The Hall–Kier alpha value is -2.01. The topological polar surface area (TPSA) is 76.6 Å². The highest BCUT2D eigenvalue weighted by Crippen LogP contribution is 2.32. The number of hydrogen-bond acceptors (Lipinski definition) is 3. The second-order valence-corrected chi connectivity index (χ2v) is 4.65. The van der Waals surface area contributed by atoms with Crippen molar-refractivity contribution in [1.29, 1.82) is 0 Å². The van der Waals surface area contributed by atoms with Crippen LogP contribution in [0, 0.1) is 6.92 Å². The highest BCUT2D eigenvalue weighted by atomic mass is 16.4. The van der Waals surface area contributed by atoms with E-state index in [2.05, 4.69) is 4.98 Å². The molecule has 0 atom stereocenters. The lowest BCUT2D eigenvalue weighted by atomic mass is 10.0. The summed E-state index contributed by atoms with van der Waals surface area (Å²) >= 11 is 0. The summed E-state index contributed by atoms with van der Waals surface area (Å²) in [5, 5.41) is 19.8. The lowest BCUT2D eigenvalue weighted by molar-refractivity contribution is 0.0698. The van der Waals surface area contributed by atoms with Gasteiger partial charge in [-0.1, -0.05) is 0 Å². The van der Waals surface area contributed by atoms with E-state index in [1.807, 2.05) is 19.0 Å². The standard InChI is InChI=1S/C13H16N2O3/c1-7-11(13(17)18)12-8(6-15(2)3)10(16)5-4-9(12)14-7/h4-5,14,16H,6H2,1-3H3,(H,17,18). The molecule has 0 fully saturated rings. The Morgan fingerprint density at radius 3 is 2.61 bits per heavy atom. The highest BCUT2D eigenvalue weighted by molar-refractivity contribution is 6.06. The SMILES string of the molecule is Cc1[nH]c2ccc(O)c(CN(C)C)c2c1C(=O)O. The third kappa shape index (κ3) is 1.93. The summed E-state index contributed by atoms with van der Waals surface area (Å²) in [6.45, 7) is 2.21. The van der Waals surface area contributed by atoms with E-state index < -0.39 is 5.97 Å². The van der Waals surface area contributed by atoms with Crippen molar-refractivity contribution in [3.05, 3.63) is 29.0 Å². The van der Waals surface area contributed by atoms with Crippen molar-refractivity contribution in [3.8, 4) is 5.75 Å². The number of fused-ring (bicyclic) bond motifs is 1. The average molecular weight is 248 g/mol. The molecule has 0 unspecified atom stereocenters. The molecule has 0 aliphatic heterocycles. The lowest BCUT2D eigenvalue weighted by Gasteiger charge is -2.13. The van der Waals surface area contributed by atoms with E-state index in [1.165, 1.54) is 0 Å². The van der Waals surface area contributed by atoms with Gasteiger partial charge in [-0.3, -0.25) is 0 Å². The number of phenolic OH excluding ortho intramolecular Hbond substituents is 1. The van der Waals surface area contributed by atoms with Gasteiger partial charge in [0.15, 0.2) is 0 Å². The van der Waals surface area contributed by atoms with Gasteiger partial charge < -0.3 is 20.1 Å². The minimum atomic E-state index is -0.982. The number of nitrogens with zero attached hydrogens (tertiary/aromatic N) is 1. The van der Waals surface area contributed by atoms with Crippen LogP contribution in [0.5, 0.6) is 5.75 Å². The Labute approximate surface area is 105 Å². The molecule has 0 spiro atoms. The van der Waals surface area contributed by atoms with Crippen LogP contribution in [0.25, 0.3) is 10.9 Å². The van der Waals surface area contributed by atoms with Gasteiger partial charge in [-0.15, -0.1) is 0 Å². The number of carboxylic acids is 1. The molecule has 1 heterocycles. The quantitative estimate of drug-likeness (QED) is 0.775. The molecule has 5 nitrogen and oxygen atoms in total. The van der Waals surface area contributed by atoms with Gasteiger partial charge in [0.2, 0.25) is 0 Å².